The Morgan fingerprint density at radius 1 is 0.943 bits per heavy atom. The number of hydrogen-bond donors (Lipinski definition) is 1. The fraction of sp³-hybridized carbons (Fsp3) is 0.286. The van der Waals surface area contributed by atoms with Crippen LogP contribution in [0.2, 0.25) is 5.02 Å². The van der Waals surface area contributed by atoms with Gasteiger partial charge in [-0.3, -0.25) is 9.59 Å². The molecule has 35 heavy (non-hydrogen) atoms. The number of nitrogens with one attached hydrogen (secondary N) is 1. The molecule has 3 rings (SSSR count). The molecule has 184 valence electrons. The topological polar surface area (TPSA) is 67.9 Å². The number of methoxy groups -OCH3 is 1. The van der Waals surface area contributed by atoms with E-state index in [1.165, 1.54) is 0 Å². The molecule has 0 radical (unpaired) electrons. The van der Waals surface area contributed by atoms with Gasteiger partial charge in [0.05, 0.1) is 7.11 Å². The number of rotatable bonds is 12. The highest BCUT2D eigenvalue weighted by Crippen LogP contribution is 2.20. The van der Waals surface area contributed by atoms with Crippen molar-refractivity contribution in [1.29, 1.82) is 0 Å². The summed E-state index contributed by atoms with van der Waals surface area (Å²) in [5.41, 5.74) is 1.79. The standard InChI is InChI=1S/C28H31ClN2O4/c1-3-16-30-28(33)26(18-21-8-5-4-6-9-21)31(19-22-10-7-11-23(29)17-22)27(32)20-35-25-14-12-24(34-2)13-15-25/h4-15,17,26H,3,16,18-20H2,1-2H3,(H,30,33). The van der Waals surface area contributed by atoms with Gasteiger partial charge in [-0.2, -0.15) is 0 Å². The van der Waals surface area contributed by atoms with Gasteiger partial charge in [0, 0.05) is 24.5 Å². The highest BCUT2D eigenvalue weighted by Gasteiger charge is 2.30. The van der Waals surface area contributed by atoms with Gasteiger partial charge in [-0.05, 0) is 53.9 Å². The molecule has 0 spiro atoms. The first-order chi connectivity index (χ1) is 17.0. The van der Waals surface area contributed by atoms with E-state index in [9.17, 15) is 9.59 Å². The maximum absolute atomic E-state index is 13.5. The monoisotopic (exact) mass is 494 g/mol. The number of halogens is 1. The molecular formula is C28H31ClN2O4. The predicted octanol–water partition coefficient (Wildman–Crippen LogP) is 4.89. The summed E-state index contributed by atoms with van der Waals surface area (Å²) in [6, 6.07) is 23.3. The molecule has 0 aromatic heterocycles. The quantitative estimate of drug-likeness (QED) is 0.389. The maximum Gasteiger partial charge on any atom is 0.261 e. The van der Waals surface area contributed by atoms with Crippen molar-refractivity contribution in [2.45, 2.75) is 32.4 Å². The van der Waals surface area contributed by atoms with Gasteiger partial charge in [-0.15, -0.1) is 0 Å². The smallest absolute Gasteiger partial charge is 0.261 e. The van der Waals surface area contributed by atoms with Gasteiger partial charge in [0.1, 0.15) is 17.5 Å². The van der Waals surface area contributed by atoms with E-state index in [2.05, 4.69) is 5.32 Å². The average Bonchev–Trinajstić information content (AvgIpc) is 2.88. The van der Waals surface area contributed by atoms with E-state index in [1.54, 1.807) is 48.4 Å². The Morgan fingerprint density at radius 2 is 1.63 bits per heavy atom. The molecule has 3 aromatic rings. The van der Waals surface area contributed by atoms with Crippen LogP contribution < -0.4 is 14.8 Å². The molecule has 0 bridgehead atoms. The molecule has 2 amide bonds. The molecule has 0 saturated carbocycles. The Kier molecular flexibility index (Phi) is 9.99. The van der Waals surface area contributed by atoms with E-state index in [0.717, 1.165) is 17.5 Å². The molecule has 6 nitrogen and oxygen atoms in total. The van der Waals surface area contributed by atoms with Crippen molar-refractivity contribution in [1.82, 2.24) is 10.2 Å². The molecule has 0 aliphatic carbocycles. The average molecular weight is 495 g/mol. The molecular weight excluding hydrogens is 464 g/mol. The summed E-state index contributed by atoms with van der Waals surface area (Å²) in [6.07, 6.45) is 1.18. The Morgan fingerprint density at radius 3 is 2.29 bits per heavy atom. The minimum atomic E-state index is -0.713. The van der Waals surface area contributed by atoms with Gasteiger partial charge in [-0.25, -0.2) is 0 Å². The zero-order valence-corrected chi connectivity index (χ0v) is 20.8. The van der Waals surface area contributed by atoms with Gasteiger partial charge in [0.2, 0.25) is 5.91 Å². The van der Waals surface area contributed by atoms with Gasteiger partial charge in [-0.1, -0.05) is 61.0 Å². The number of hydrogen-bond acceptors (Lipinski definition) is 4. The molecule has 1 unspecified atom stereocenters. The third-order valence-electron chi connectivity index (χ3n) is 5.48. The van der Waals surface area contributed by atoms with E-state index >= 15 is 0 Å². The first-order valence-corrected chi connectivity index (χ1v) is 12.0. The van der Waals surface area contributed by atoms with Gasteiger partial charge in [0.25, 0.3) is 5.91 Å². The number of amides is 2. The summed E-state index contributed by atoms with van der Waals surface area (Å²) >= 11 is 6.20. The van der Waals surface area contributed by atoms with Crippen LogP contribution in [-0.2, 0) is 22.6 Å². The Labute approximate surface area is 211 Å². The molecule has 1 atom stereocenters. The normalized spacial score (nSPS) is 11.4. The van der Waals surface area contributed by atoms with Crippen LogP contribution >= 0.6 is 11.6 Å². The zero-order chi connectivity index (χ0) is 25.0. The number of nitrogens with zero attached hydrogens (tertiary/aromatic N) is 1. The molecule has 0 fully saturated rings. The Hall–Kier alpha value is -3.51. The minimum Gasteiger partial charge on any atom is -0.497 e. The molecule has 0 aliphatic heterocycles. The van der Waals surface area contributed by atoms with Crippen molar-refractivity contribution < 1.29 is 19.1 Å². The fourth-order valence-corrected chi connectivity index (χ4v) is 3.86. The van der Waals surface area contributed by atoms with E-state index in [4.69, 9.17) is 21.1 Å². The Bertz CT molecular complexity index is 1090. The van der Waals surface area contributed by atoms with Crippen LogP contribution in [0.25, 0.3) is 0 Å². The van der Waals surface area contributed by atoms with Gasteiger partial charge < -0.3 is 19.7 Å². The van der Waals surface area contributed by atoms with E-state index in [1.807, 2.05) is 49.4 Å². The third-order valence-corrected chi connectivity index (χ3v) is 5.72. The van der Waals surface area contributed by atoms with Crippen LogP contribution in [0.4, 0.5) is 0 Å². The van der Waals surface area contributed by atoms with E-state index < -0.39 is 6.04 Å². The highest BCUT2D eigenvalue weighted by atomic mass is 35.5. The molecule has 3 aromatic carbocycles. The summed E-state index contributed by atoms with van der Waals surface area (Å²) in [5.74, 6) is 0.739. The summed E-state index contributed by atoms with van der Waals surface area (Å²) in [7, 11) is 1.59. The van der Waals surface area contributed by atoms with Crippen LogP contribution in [0.1, 0.15) is 24.5 Å². The lowest BCUT2D eigenvalue weighted by atomic mass is 10.0. The van der Waals surface area contributed by atoms with Crippen LogP contribution in [0.5, 0.6) is 11.5 Å². The summed E-state index contributed by atoms with van der Waals surface area (Å²) in [4.78, 5) is 28.3. The lowest BCUT2D eigenvalue weighted by Crippen LogP contribution is -2.51. The molecule has 0 saturated heterocycles. The number of carbonyl (C=O) groups is 2. The first kappa shape index (κ1) is 26.1. The zero-order valence-electron chi connectivity index (χ0n) is 20.1. The molecule has 0 heterocycles. The first-order valence-electron chi connectivity index (χ1n) is 11.6. The largest absolute Gasteiger partial charge is 0.497 e. The molecule has 0 aliphatic rings. The minimum absolute atomic E-state index is 0.199. The van der Waals surface area contributed by atoms with Crippen LogP contribution in [0.15, 0.2) is 78.9 Å². The summed E-state index contributed by atoms with van der Waals surface area (Å²) in [6.45, 7) is 2.54. The second kappa shape index (κ2) is 13.4. The third kappa shape index (κ3) is 8.04. The predicted molar refractivity (Wildman–Crippen MR) is 138 cm³/mol. The molecule has 1 N–H and O–H groups in total. The van der Waals surface area contributed by atoms with Gasteiger partial charge in [0.15, 0.2) is 6.61 Å². The lowest BCUT2D eigenvalue weighted by molar-refractivity contribution is -0.142. The van der Waals surface area contributed by atoms with Crippen molar-refractivity contribution in [3.8, 4) is 11.5 Å². The Balaban J connectivity index is 1.87. The maximum atomic E-state index is 13.5. The lowest BCUT2D eigenvalue weighted by Gasteiger charge is -2.31. The fourth-order valence-electron chi connectivity index (χ4n) is 3.65. The summed E-state index contributed by atoms with van der Waals surface area (Å²) in [5, 5.41) is 3.53. The van der Waals surface area contributed by atoms with Crippen molar-refractivity contribution in [3.05, 3.63) is 95.0 Å². The summed E-state index contributed by atoms with van der Waals surface area (Å²) < 4.78 is 10.9. The highest BCUT2D eigenvalue weighted by molar-refractivity contribution is 6.30. The van der Waals surface area contributed by atoms with Crippen LogP contribution in [0, 0.1) is 0 Å². The van der Waals surface area contributed by atoms with Crippen molar-refractivity contribution in [2.24, 2.45) is 0 Å². The van der Waals surface area contributed by atoms with Crippen molar-refractivity contribution in [3.63, 3.8) is 0 Å². The second-order valence-electron chi connectivity index (χ2n) is 8.11. The van der Waals surface area contributed by atoms with Crippen LogP contribution in [-0.4, -0.2) is 43.0 Å². The number of benzene rings is 3. The number of ether oxygens (including phenoxy) is 2. The van der Waals surface area contributed by atoms with Crippen molar-refractivity contribution in [2.75, 3.05) is 20.3 Å². The molecule has 7 heteroatoms. The van der Waals surface area contributed by atoms with Crippen molar-refractivity contribution >= 4 is 23.4 Å². The van der Waals surface area contributed by atoms with Crippen LogP contribution in [0.3, 0.4) is 0 Å². The second-order valence-corrected chi connectivity index (χ2v) is 8.55. The SMILES string of the molecule is CCCNC(=O)C(Cc1ccccc1)N(Cc1cccc(Cl)c1)C(=O)COc1ccc(OC)cc1. The number of carbonyl (C=O) groups excluding carboxylic acids is 2. The van der Waals surface area contributed by atoms with E-state index in [-0.39, 0.29) is 25.0 Å². The van der Waals surface area contributed by atoms with E-state index in [0.29, 0.717) is 29.5 Å². The van der Waals surface area contributed by atoms with Gasteiger partial charge >= 0.3 is 0 Å².